The molecule has 0 amide bonds. The minimum atomic E-state index is 0.773. The van der Waals surface area contributed by atoms with Crippen LogP contribution >= 0.6 is 11.6 Å². The second-order valence-electron chi connectivity index (χ2n) is 6.41. The van der Waals surface area contributed by atoms with E-state index in [9.17, 15) is 0 Å². The third-order valence-corrected chi connectivity index (χ3v) is 5.27. The molecule has 1 aliphatic carbocycles. The Bertz CT molecular complexity index is 449. The van der Waals surface area contributed by atoms with Crippen molar-refractivity contribution in [1.29, 1.82) is 0 Å². The van der Waals surface area contributed by atoms with Gasteiger partial charge in [-0.1, -0.05) is 49.8 Å². The highest BCUT2D eigenvalue weighted by Crippen LogP contribution is 2.37. The molecule has 104 valence electrons. The Kier molecular flexibility index (Phi) is 4.02. The van der Waals surface area contributed by atoms with Crippen LogP contribution in [-0.4, -0.2) is 6.54 Å². The van der Waals surface area contributed by atoms with Gasteiger partial charge in [0.2, 0.25) is 0 Å². The van der Waals surface area contributed by atoms with Gasteiger partial charge in [0.1, 0.15) is 0 Å². The van der Waals surface area contributed by atoms with Gasteiger partial charge in [0.15, 0.2) is 0 Å². The average Bonchev–Trinajstić information content (AvgIpc) is 2.44. The number of nitrogens with one attached hydrogen (secondary N) is 1. The van der Waals surface area contributed by atoms with Crippen LogP contribution in [0.15, 0.2) is 12.1 Å². The van der Waals surface area contributed by atoms with Gasteiger partial charge in [-0.2, -0.15) is 0 Å². The summed E-state index contributed by atoms with van der Waals surface area (Å²) in [6, 6.07) is 4.18. The average molecular weight is 278 g/mol. The van der Waals surface area contributed by atoms with Crippen molar-refractivity contribution in [3.63, 3.8) is 0 Å². The monoisotopic (exact) mass is 277 g/mol. The van der Waals surface area contributed by atoms with Crippen LogP contribution in [0.5, 0.6) is 0 Å². The molecule has 19 heavy (non-hydrogen) atoms. The van der Waals surface area contributed by atoms with Gasteiger partial charge in [0, 0.05) is 17.3 Å². The van der Waals surface area contributed by atoms with Crippen molar-refractivity contribution >= 4 is 17.3 Å². The van der Waals surface area contributed by atoms with E-state index >= 15 is 0 Å². The van der Waals surface area contributed by atoms with E-state index in [1.807, 2.05) is 0 Å². The molecule has 1 aromatic rings. The smallest absolute Gasteiger partial charge is 0.0458 e. The van der Waals surface area contributed by atoms with Crippen LogP contribution in [0.25, 0.3) is 0 Å². The number of hydrogen-bond acceptors (Lipinski definition) is 1. The SMILES string of the molecule is Cc1ccc(Cl)c2c1NCC(CC1CCCCC1)C2. The summed E-state index contributed by atoms with van der Waals surface area (Å²) in [6.07, 6.45) is 9.79. The van der Waals surface area contributed by atoms with Crippen molar-refractivity contribution in [3.8, 4) is 0 Å². The summed E-state index contributed by atoms with van der Waals surface area (Å²) in [6.45, 7) is 3.30. The van der Waals surface area contributed by atoms with Crippen molar-refractivity contribution in [2.75, 3.05) is 11.9 Å². The van der Waals surface area contributed by atoms with E-state index < -0.39 is 0 Å². The van der Waals surface area contributed by atoms with Crippen molar-refractivity contribution in [1.82, 2.24) is 0 Å². The van der Waals surface area contributed by atoms with Crippen LogP contribution in [0, 0.1) is 18.8 Å². The number of hydrogen-bond donors (Lipinski definition) is 1. The van der Waals surface area contributed by atoms with Gasteiger partial charge in [-0.15, -0.1) is 0 Å². The second-order valence-corrected chi connectivity index (χ2v) is 6.82. The molecule has 0 bridgehead atoms. The summed E-state index contributed by atoms with van der Waals surface area (Å²) in [4.78, 5) is 0. The standard InChI is InChI=1S/C17H24ClN/c1-12-7-8-16(18)15-10-14(11-19-17(12)15)9-13-5-3-2-4-6-13/h7-8,13-14,19H,2-6,9-11H2,1H3. The lowest BCUT2D eigenvalue weighted by atomic mass is 9.79. The quantitative estimate of drug-likeness (QED) is 0.783. The molecule has 1 aromatic carbocycles. The van der Waals surface area contributed by atoms with Crippen molar-refractivity contribution in [3.05, 3.63) is 28.3 Å². The van der Waals surface area contributed by atoms with Gasteiger partial charge < -0.3 is 5.32 Å². The molecule has 1 heterocycles. The van der Waals surface area contributed by atoms with E-state index in [0.29, 0.717) is 0 Å². The first kappa shape index (κ1) is 13.3. The first-order chi connectivity index (χ1) is 9.24. The first-order valence-corrected chi connectivity index (χ1v) is 8.13. The van der Waals surface area contributed by atoms with Crippen LogP contribution in [0.1, 0.15) is 49.7 Å². The topological polar surface area (TPSA) is 12.0 Å². The summed E-state index contributed by atoms with van der Waals surface area (Å²) >= 11 is 6.38. The number of aryl methyl sites for hydroxylation is 1. The lowest BCUT2D eigenvalue weighted by molar-refractivity contribution is 0.289. The summed E-state index contributed by atoms with van der Waals surface area (Å²) in [7, 11) is 0. The third-order valence-electron chi connectivity index (χ3n) is 4.92. The molecule has 3 rings (SSSR count). The van der Waals surface area contributed by atoms with Crippen LogP contribution < -0.4 is 5.32 Å². The number of fused-ring (bicyclic) bond motifs is 1. The zero-order valence-electron chi connectivity index (χ0n) is 11.8. The Morgan fingerprint density at radius 1 is 1.16 bits per heavy atom. The Balaban J connectivity index is 1.69. The van der Waals surface area contributed by atoms with Crippen molar-refractivity contribution in [2.45, 2.75) is 51.9 Å². The minimum Gasteiger partial charge on any atom is -0.384 e. The van der Waals surface area contributed by atoms with Gasteiger partial charge in [-0.25, -0.2) is 0 Å². The number of rotatable bonds is 2. The summed E-state index contributed by atoms with van der Waals surface area (Å²) < 4.78 is 0. The van der Waals surface area contributed by atoms with Gasteiger partial charge >= 0.3 is 0 Å². The molecular formula is C17H24ClN. The molecule has 2 heteroatoms. The maximum Gasteiger partial charge on any atom is 0.0458 e. The molecule has 0 aromatic heterocycles. The van der Waals surface area contributed by atoms with Crippen molar-refractivity contribution < 1.29 is 0 Å². The molecule has 1 unspecified atom stereocenters. The van der Waals surface area contributed by atoms with Crippen LogP contribution in [-0.2, 0) is 6.42 Å². The summed E-state index contributed by atoms with van der Waals surface area (Å²) in [5.74, 6) is 1.74. The minimum absolute atomic E-state index is 0.773. The van der Waals surface area contributed by atoms with E-state index in [4.69, 9.17) is 11.6 Å². The van der Waals surface area contributed by atoms with Gasteiger partial charge in [-0.3, -0.25) is 0 Å². The fraction of sp³-hybridized carbons (Fsp3) is 0.647. The van der Waals surface area contributed by atoms with E-state index in [-0.39, 0.29) is 0 Å². The fourth-order valence-corrected chi connectivity index (χ4v) is 4.09. The highest BCUT2D eigenvalue weighted by atomic mass is 35.5. The Labute approximate surface area is 121 Å². The lowest BCUT2D eigenvalue weighted by Gasteiger charge is -2.32. The molecular weight excluding hydrogens is 254 g/mol. The molecule has 1 N–H and O–H groups in total. The van der Waals surface area contributed by atoms with Crippen molar-refractivity contribution in [2.24, 2.45) is 11.8 Å². The Morgan fingerprint density at radius 2 is 1.95 bits per heavy atom. The predicted molar refractivity (Wildman–Crippen MR) is 83.1 cm³/mol. The largest absolute Gasteiger partial charge is 0.384 e. The van der Waals surface area contributed by atoms with Crippen LogP contribution in [0.3, 0.4) is 0 Å². The first-order valence-electron chi connectivity index (χ1n) is 7.76. The molecule has 2 aliphatic rings. The van der Waals surface area contributed by atoms with Gasteiger partial charge in [0.05, 0.1) is 0 Å². The zero-order chi connectivity index (χ0) is 13.2. The van der Waals surface area contributed by atoms with E-state index in [0.717, 1.165) is 23.4 Å². The van der Waals surface area contributed by atoms with E-state index in [1.165, 1.54) is 61.8 Å². The molecule has 0 radical (unpaired) electrons. The normalized spacial score (nSPS) is 23.8. The van der Waals surface area contributed by atoms with Crippen LogP contribution in [0.4, 0.5) is 5.69 Å². The highest BCUT2D eigenvalue weighted by Gasteiger charge is 2.25. The maximum atomic E-state index is 6.38. The molecule has 1 fully saturated rings. The Morgan fingerprint density at radius 3 is 2.74 bits per heavy atom. The molecule has 1 saturated carbocycles. The fourth-order valence-electron chi connectivity index (χ4n) is 3.85. The zero-order valence-corrected chi connectivity index (χ0v) is 12.6. The Hall–Kier alpha value is -0.690. The van der Waals surface area contributed by atoms with E-state index in [2.05, 4.69) is 24.4 Å². The van der Waals surface area contributed by atoms with Gasteiger partial charge in [-0.05, 0) is 48.8 Å². The highest BCUT2D eigenvalue weighted by molar-refractivity contribution is 6.31. The summed E-state index contributed by atoms with van der Waals surface area (Å²) in [5, 5.41) is 4.57. The number of halogens is 1. The molecule has 1 aliphatic heterocycles. The lowest BCUT2D eigenvalue weighted by Crippen LogP contribution is -2.26. The number of anilines is 1. The summed E-state index contributed by atoms with van der Waals surface area (Å²) in [5.41, 5.74) is 3.98. The molecule has 1 atom stereocenters. The molecule has 1 nitrogen and oxygen atoms in total. The molecule has 0 spiro atoms. The van der Waals surface area contributed by atoms with Gasteiger partial charge in [0.25, 0.3) is 0 Å². The molecule has 0 saturated heterocycles. The van der Waals surface area contributed by atoms with Crippen LogP contribution in [0.2, 0.25) is 5.02 Å². The second kappa shape index (κ2) is 5.75. The van der Waals surface area contributed by atoms with E-state index in [1.54, 1.807) is 0 Å². The predicted octanol–water partition coefficient (Wildman–Crippen LogP) is 5.20. The number of benzene rings is 1. The maximum absolute atomic E-state index is 6.38. The third kappa shape index (κ3) is 2.91.